The number of hydrogen-bond donors (Lipinski definition) is 0. The van der Waals surface area contributed by atoms with Crippen molar-refractivity contribution in [2.75, 3.05) is 0 Å². The van der Waals surface area contributed by atoms with Gasteiger partial charge in [-0.2, -0.15) is 0 Å². The highest BCUT2D eigenvalue weighted by Crippen LogP contribution is 2.37. The Morgan fingerprint density at radius 3 is 3.00 bits per heavy atom. The second kappa shape index (κ2) is 6.26. The standard InChI is InChI=1S/C15H20F2O/c16-15(17)8-7-11-9-12-5-3-1-2-4-6-13(12)14(18)10-11/h1,3,7,12-13,15H,2,4-6,8-10H2/b3-1?,11-7+. The van der Waals surface area contributed by atoms with E-state index in [1.165, 1.54) is 0 Å². The van der Waals surface area contributed by atoms with Gasteiger partial charge in [-0.1, -0.05) is 23.8 Å². The molecule has 3 heteroatoms. The Morgan fingerprint density at radius 1 is 1.39 bits per heavy atom. The van der Waals surface area contributed by atoms with E-state index in [2.05, 4.69) is 12.2 Å². The quantitative estimate of drug-likeness (QED) is 0.672. The highest BCUT2D eigenvalue weighted by Gasteiger charge is 2.33. The normalized spacial score (nSPS) is 31.3. The van der Waals surface area contributed by atoms with E-state index < -0.39 is 6.43 Å². The van der Waals surface area contributed by atoms with Crippen LogP contribution in [-0.4, -0.2) is 12.2 Å². The summed E-state index contributed by atoms with van der Waals surface area (Å²) in [5.74, 6) is 0.771. The Kier molecular flexibility index (Phi) is 4.67. The van der Waals surface area contributed by atoms with E-state index in [-0.39, 0.29) is 18.1 Å². The predicted molar refractivity (Wildman–Crippen MR) is 67.5 cm³/mol. The van der Waals surface area contributed by atoms with Crippen LogP contribution in [0.1, 0.15) is 44.9 Å². The van der Waals surface area contributed by atoms with Crippen molar-refractivity contribution in [3.05, 3.63) is 23.8 Å². The molecule has 100 valence electrons. The first-order valence-electron chi connectivity index (χ1n) is 6.80. The molecule has 1 saturated carbocycles. The van der Waals surface area contributed by atoms with Gasteiger partial charge in [-0.05, 0) is 38.0 Å². The lowest BCUT2D eigenvalue weighted by atomic mass is 9.71. The third-order valence-corrected chi connectivity index (χ3v) is 3.98. The van der Waals surface area contributed by atoms with Crippen molar-refractivity contribution in [2.45, 2.75) is 51.4 Å². The zero-order chi connectivity index (χ0) is 13.0. The smallest absolute Gasteiger partial charge is 0.242 e. The van der Waals surface area contributed by atoms with Gasteiger partial charge in [0.15, 0.2) is 0 Å². The lowest BCUT2D eigenvalue weighted by Gasteiger charge is -2.32. The van der Waals surface area contributed by atoms with E-state index in [1.807, 2.05) is 0 Å². The molecule has 0 spiro atoms. The van der Waals surface area contributed by atoms with Crippen LogP contribution in [0, 0.1) is 11.8 Å². The van der Waals surface area contributed by atoms with E-state index in [0.29, 0.717) is 12.3 Å². The van der Waals surface area contributed by atoms with Crippen LogP contribution in [0.3, 0.4) is 0 Å². The molecule has 0 amide bonds. The molecule has 2 aliphatic carbocycles. The molecule has 0 aromatic rings. The lowest BCUT2D eigenvalue weighted by Crippen LogP contribution is -2.30. The summed E-state index contributed by atoms with van der Waals surface area (Å²) >= 11 is 0. The van der Waals surface area contributed by atoms with Crippen molar-refractivity contribution in [3.63, 3.8) is 0 Å². The number of ketones is 1. The van der Waals surface area contributed by atoms with Crippen LogP contribution in [0.5, 0.6) is 0 Å². The SMILES string of the molecule is O=C1C/C(=C/CC(F)F)CC2CC=CCCCC12. The molecule has 0 N–H and O–H groups in total. The van der Waals surface area contributed by atoms with Crippen LogP contribution in [0.15, 0.2) is 23.8 Å². The molecule has 18 heavy (non-hydrogen) atoms. The van der Waals surface area contributed by atoms with Crippen molar-refractivity contribution < 1.29 is 13.6 Å². The van der Waals surface area contributed by atoms with Gasteiger partial charge in [-0.25, -0.2) is 8.78 Å². The fourth-order valence-corrected chi connectivity index (χ4v) is 3.07. The van der Waals surface area contributed by atoms with E-state index in [1.54, 1.807) is 6.08 Å². The summed E-state index contributed by atoms with van der Waals surface area (Å²) < 4.78 is 24.4. The average molecular weight is 254 g/mol. The number of hydrogen-bond acceptors (Lipinski definition) is 1. The molecular formula is C15H20F2O. The molecule has 1 nitrogen and oxygen atoms in total. The number of halogens is 2. The van der Waals surface area contributed by atoms with Crippen LogP contribution in [0.2, 0.25) is 0 Å². The molecule has 2 unspecified atom stereocenters. The van der Waals surface area contributed by atoms with Crippen LogP contribution in [0.4, 0.5) is 8.78 Å². The summed E-state index contributed by atoms with van der Waals surface area (Å²) in [5, 5.41) is 0. The highest BCUT2D eigenvalue weighted by atomic mass is 19.3. The molecule has 0 radical (unpaired) electrons. The first kappa shape index (κ1) is 13.4. The van der Waals surface area contributed by atoms with Crippen molar-refractivity contribution in [2.24, 2.45) is 11.8 Å². The predicted octanol–water partition coefficient (Wildman–Crippen LogP) is 4.29. The van der Waals surface area contributed by atoms with E-state index in [0.717, 1.165) is 37.7 Å². The van der Waals surface area contributed by atoms with Crippen LogP contribution in [-0.2, 0) is 4.79 Å². The zero-order valence-corrected chi connectivity index (χ0v) is 10.6. The number of allylic oxidation sites excluding steroid dienone is 4. The van der Waals surface area contributed by atoms with Gasteiger partial charge in [0.05, 0.1) is 0 Å². The summed E-state index contributed by atoms with van der Waals surface area (Å²) in [5.41, 5.74) is 0.926. The summed E-state index contributed by atoms with van der Waals surface area (Å²) in [6.07, 6.45) is 8.64. The Morgan fingerprint density at radius 2 is 2.22 bits per heavy atom. The second-order valence-electron chi connectivity index (χ2n) is 5.34. The molecule has 0 saturated heterocycles. The van der Waals surface area contributed by atoms with Crippen LogP contribution >= 0.6 is 0 Å². The number of Topliss-reactive ketones (excluding diaryl/α,β-unsaturated/α-hetero) is 1. The summed E-state index contributed by atoms with van der Waals surface area (Å²) in [6.45, 7) is 0. The summed E-state index contributed by atoms with van der Waals surface area (Å²) in [7, 11) is 0. The Hall–Kier alpha value is -0.990. The Balaban J connectivity index is 2.05. The van der Waals surface area contributed by atoms with Gasteiger partial charge in [0.1, 0.15) is 5.78 Å². The fourth-order valence-electron chi connectivity index (χ4n) is 3.07. The molecule has 2 aliphatic rings. The van der Waals surface area contributed by atoms with Gasteiger partial charge in [-0.15, -0.1) is 0 Å². The molecule has 2 atom stereocenters. The van der Waals surface area contributed by atoms with Gasteiger partial charge < -0.3 is 0 Å². The summed E-state index contributed by atoms with van der Waals surface area (Å²) in [6, 6.07) is 0. The maximum atomic E-state index is 12.2. The van der Waals surface area contributed by atoms with Gasteiger partial charge in [-0.3, -0.25) is 4.79 Å². The van der Waals surface area contributed by atoms with E-state index in [9.17, 15) is 13.6 Å². The molecule has 2 rings (SSSR count). The van der Waals surface area contributed by atoms with Gasteiger partial charge >= 0.3 is 0 Å². The minimum absolute atomic E-state index is 0.165. The van der Waals surface area contributed by atoms with Crippen molar-refractivity contribution in [1.82, 2.24) is 0 Å². The molecular weight excluding hydrogens is 234 g/mol. The molecule has 0 bridgehead atoms. The van der Waals surface area contributed by atoms with E-state index >= 15 is 0 Å². The second-order valence-corrected chi connectivity index (χ2v) is 5.34. The first-order valence-corrected chi connectivity index (χ1v) is 6.80. The maximum Gasteiger partial charge on any atom is 0.242 e. The minimum Gasteiger partial charge on any atom is -0.299 e. The monoisotopic (exact) mass is 254 g/mol. The summed E-state index contributed by atoms with van der Waals surface area (Å²) in [4.78, 5) is 12.1. The number of alkyl halides is 2. The molecule has 1 fully saturated rings. The molecule has 0 aromatic heterocycles. The average Bonchev–Trinajstić information content (AvgIpc) is 2.28. The van der Waals surface area contributed by atoms with Crippen molar-refractivity contribution in [1.29, 1.82) is 0 Å². The largest absolute Gasteiger partial charge is 0.299 e. The minimum atomic E-state index is -2.30. The molecule has 0 heterocycles. The highest BCUT2D eigenvalue weighted by molar-refractivity contribution is 5.84. The molecule has 0 aromatic carbocycles. The van der Waals surface area contributed by atoms with Crippen LogP contribution < -0.4 is 0 Å². The third-order valence-electron chi connectivity index (χ3n) is 3.98. The lowest BCUT2D eigenvalue weighted by molar-refractivity contribution is -0.125. The molecule has 0 aliphatic heterocycles. The number of fused-ring (bicyclic) bond motifs is 1. The van der Waals surface area contributed by atoms with Gasteiger partial charge in [0.25, 0.3) is 0 Å². The number of carbonyl (C=O) groups is 1. The fraction of sp³-hybridized carbons (Fsp3) is 0.667. The van der Waals surface area contributed by atoms with E-state index in [4.69, 9.17) is 0 Å². The van der Waals surface area contributed by atoms with Crippen molar-refractivity contribution in [3.8, 4) is 0 Å². The van der Waals surface area contributed by atoms with Gasteiger partial charge in [0, 0.05) is 18.8 Å². The topological polar surface area (TPSA) is 17.1 Å². The first-order chi connectivity index (χ1) is 8.66. The van der Waals surface area contributed by atoms with Crippen LogP contribution in [0.25, 0.3) is 0 Å². The van der Waals surface area contributed by atoms with Gasteiger partial charge in [0.2, 0.25) is 6.43 Å². The third kappa shape index (κ3) is 3.50. The Bertz CT molecular complexity index is 358. The van der Waals surface area contributed by atoms with Crippen molar-refractivity contribution >= 4 is 5.78 Å². The zero-order valence-electron chi connectivity index (χ0n) is 10.6. The number of rotatable bonds is 2. The maximum absolute atomic E-state index is 12.2. The number of carbonyl (C=O) groups excluding carboxylic acids is 1. The Labute approximate surface area is 107 Å².